The molecule has 0 aliphatic heterocycles. The van der Waals surface area contributed by atoms with Gasteiger partial charge in [-0.2, -0.15) is 8.42 Å². The Kier molecular flexibility index (Phi) is 4.76. The zero-order valence-electron chi connectivity index (χ0n) is 13.7. The van der Waals surface area contributed by atoms with Crippen LogP contribution >= 0.6 is 0 Å². The molecule has 3 rings (SSSR count). The Morgan fingerprint density at radius 1 is 1.08 bits per heavy atom. The summed E-state index contributed by atoms with van der Waals surface area (Å²) in [4.78, 5) is 0.181. The molecule has 1 aliphatic rings. The van der Waals surface area contributed by atoms with Crippen LogP contribution in [0.25, 0.3) is 0 Å². The number of benzene rings is 2. The van der Waals surface area contributed by atoms with Gasteiger partial charge in [0.25, 0.3) is 10.1 Å². The summed E-state index contributed by atoms with van der Waals surface area (Å²) in [5.74, 6) is 0. The molecule has 1 saturated carbocycles. The van der Waals surface area contributed by atoms with E-state index in [2.05, 4.69) is 0 Å². The zero-order chi connectivity index (χ0) is 17.2. The van der Waals surface area contributed by atoms with Crippen LogP contribution in [0.5, 0.6) is 0 Å². The SMILES string of the molecule is Cc1ccccc1S(=O)(=O)O[C@]1(c2ccccc2)CCC[C@H](O)C1. The summed E-state index contributed by atoms with van der Waals surface area (Å²) in [7, 11) is -3.93. The van der Waals surface area contributed by atoms with E-state index in [9.17, 15) is 13.5 Å². The second-order valence-corrected chi connectivity index (χ2v) is 7.93. The van der Waals surface area contributed by atoms with E-state index in [4.69, 9.17) is 4.18 Å². The lowest BCUT2D eigenvalue weighted by Gasteiger charge is -2.39. The van der Waals surface area contributed by atoms with E-state index < -0.39 is 21.8 Å². The summed E-state index contributed by atoms with van der Waals surface area (Å²) in [5.41, 5.74) is 0.429. The monoisotopic (exact) mass is 346 g/mol. The minimum absolute atomic E-state index is 0.181. The Hall–Kier alpha value is -1.69. The van der Waals surface area contributed by atoms with Crippen LogP contribution in [0.1, 0.15) is 36.8 Å². The second-order valence-electron chi connectivity index (χ2n) is 6.41. The van der Waals surface area contributed by atoms with Gasteiger partial charge >= 0.3 is 0 Å². The van der Waals surface area contributed by atoms with Crippen LogP contribution in [0.15, 0.2) is 59.5 Å². The quantitative estimate of drug-likeness (QED) is 0.860. The fourth-order valence-corrected chi connectivity index (χ4v) is 4.89. The molecule has 0 radical (unpaired) electrons. The Bertz CT molecular complexity index is 801. The summed E-state index contributed by atoms with van der Waals surface area (Å²) in [5, 5.41) is 10.2. The van der Waals surface area contributed by atoms with Crippen LogP contribution < -0.4 is 0 Å². The average Bonchev–Trinajstić information content (AvgIpc) is 2.55. The molecule has 0 heterocycles. The third-order valence-corrected chi connectivity index (χ3v) is 6.15. The molecule has 0 spiro atoms. The molecule has 128 valence electrons. The fourth-order valence-electron chi connectivity index (χ4n) is 3.43. The maximum atomic E-state index is 12.9. The maximum Gasteiger partial charge on any atom is 0.298 e. The Labute approximate surface area is 143 Å². The normalized spacial score (nSPS) is 24.7. The average molecular weight is 346 g/mol. The Morgan fingerprint density at radius 3 is 2.42 bits per heavy atom. The Morgan fingerprint density at radius 2 is 1.75 bits per heavy atom. The summed E-state index contributed by atoms with van der Waals surface area (Å²) in [6.07, 6.45) is 1.68. The van der Waals surface area contributed by atoms with E-state index in [1.807, 2.05) is 30.3 Å². The molecule has 5 heteroatoms. The van der Waals surface area contributed by atoms with E-state index in [0.717, 1.165) is 12.0 Å². The highest BCUT2D eigenvalue weighted by molar-refractivity contribution is 7.86. The highest BCUT2D eigenvalue weighted by Crippen LogP contribution is 2.43. The summed E-state index contributed by atoms with van der Waals surface area (Å²) in [6.45, 7) is 1.75. The van der Waals surface area contributed by atoms with E-state index in [1.54, 1.807) is 31.2 Å². The lowest BCUT2D eigenvalue weighted by Crippen LogP contribution is -2.39. The van der Waals surface area contributed by atoms with Crippen LogP contribution in [0.3, 0.4) is 0 Å². The van der Waals surface area contributed by atoms with Gasteiger partial charge < -0.3 is 5.11 Å². The van der Waals surface area contributed by atoms with Crippen LogP contribution in [0, 0.1) is 6.92 Å². The minimum atomic E-state index is -3.93. The molecule has 0 bridgehead atoms. The number of hydrogen-bond donors (Lipinski definition) is 1. The maximum absolute atomic E-state index is 12.9. The first-order chi connectivity index (χ1) is 11.4. The lowest BCUT2D eigenvalue weighted by molar-refractivity contribution is -0.0255. The predicted molar refractivity (Wildman–Crippen MR) is 92.0 cm³/mol. The van der Waals surface area contributed by atoms with E-state index in [1.165, 1.54) is 0 Å². The van der Waals surface area contributed by atoms with Gasteiger partial charge in [0.2, 0.25) is 0 Å². The highest BCUT2D eigenvalue weighted by Gasteiger charge is 2.43. The molecule has 1 aliphatic carbocycles. The predicted octanol–water partition coefficient (Wildman–Crippen LogP) is 3.53. The molecular formula is C19H22O4S. The number of aryl methyl sites for hydroxylation is 1. The Balaban J connectivity index is 2.03. The van der Waals surface area contributed by atoms with Crippen molar-refractivity contribution in [2.75, 3.05) is 0 Å². The van der Waals surface area contributed by atoms with Gasteiger partial charge in [0.1, 0.15) is 5.60 Å². The molecule has 0 unspecified atom stereocenters. The van der Waals surface area contributed by atoms with Crippen molar-refractivity contribution < 1.29 is 17.7 Å². The van der Waals surface area contributed by atoms with E-state index in [0.29, 0.717) is 18.4 Å². The molecule has 1 N–H and O–H groups in total. The minimum Gasteiger partial charge on any atom is -0.393 e. The van der Waals surface area contributed by atoms with Gasteiger partial charge in [0.15, 0.2) is 0 Å². The van der Waals surface area contributed by atoms with Crippen molar-refractivity contribution in [1.82, 2.24) is 0 Å². The zero-order valence-corrected chi connectivity index (χ0v) is 14.5. The lowest BCUT2D eigenvalue weighted by atomic mass is 9.78. The number of hydrogen-bond acceptors (Lipinski definition) is 4. The molecule has 1 fully saturated rings. The standard InChI is InChI=1S/C19H22O4S/c1-15-8-5-6-12-18(15)24(21,22)23-19(13-7-11-17(20)14-19)16-9-3-2-4-10-16/h2-6,8-10,12,17,20H,7,11,13-14H2,1H3/t17-,19+/m0/s1. The molecule has 0 amide bonds. The first kappa shape index (κ1) is 17.1. The van der Waals surface area contributed by atoms with Crippen molar-refractivity contribution in [3.63, 3.8) is 0 Å². The molecule has 2 atom stereocenters. The van der Waals surface area contributed by atoms with Gasteiger partial charge in [-0.25, -0.2) is 0 Å². The van der Waals surface area contributed by atoms with E-state index >= 15 is 0 Å². The number of rotatable bonds is 4. The largest absolute Gasteiger partial charge is 0.393 e. The van der Waals surface area contributed by atoms with E-state index in [-0.39, 0.29) is 11.3 Å². The van der Waals surface area contributed by atoms with Crippen molar-refractivity contribution in [1.29, 1.82) is 0 Å². The van der Waals surface area contributed by atoms with Crippen molar-refractivity contribution >= 4 is 10.1 Å². The summed E-state index contributed by atoms with van der Waals surface area (Å²) < 4.78 is 31.6. The number of aliphatic hydroxyl groups excluding tert-OH is 1. The molecule has 24 heavy (non-hydrogen) atoms. The van der Waals surface area contributed by atoms with Crippen LogP contribution in [0.2, 0.25) is 0 Å². The summed E-state index contributed by atoms with van der Waals surface area (Å²) in [6, 6.07) is 16.1. The molecule has 2 aromatic carbocycles. The van der Waals surface area contributed by atoms with Crippen LogP contribution in [0.4, 0.5) is 0 Å². The van der Waals surface area contributed by atoms with Gasteiger partial charge in [0, 0.05) is 6.42 Å². The second kappa shape index (κ2) is 6.67. The highest BCUT2D eigenvalue weighted by atomic mass is 32.2. The molecular weight excluding hydrogens is 324 g/mol. The first-order valence-corrected chi connectivity index (χ1v) is 9.59. The first-order valence-electron chi connectivity index (χ1n) is 8.18. The molecule has 0 aromatic heterocycles. The van der Waals surface area contributed by atoms with Crippen molar-refractivity contribution in [2.24, 2.45) is 0 Å². The number of aliphatic hydroxyl groups is 1. The molecule has 4 nitrogen and oxygen atoms in total. The van der Waals surface area contributed by atoms with Crippen LogP contribution in [-0.4, -0.2) is 19.6 Å². The van der Waals surface area contributed by atoms with Crippen molar-refractivity contribution in [3.05, 3.63) is 65.7 Å². The van der Waals surface area contributed by atoms with Gasteiger partial charge in [-0.1, -0.05) is 48.5 Å². The van der Waals surface area contributed by atoms with Gasteiger partial charge in [-0.05, 0) is 43.4 Å². The molecule has 0 saturated heterocycles. The molecule has 2 aromatic rings. The third-order valence-electron chi connectivity index (χ3n) is 4.62. The van der Waals surface area contributed by atoms with Crippen LogP contribution in [-0.2, 0) is 19.9 Å². The summed E-state index contributed by atoms with van der Waals surface area (Å²) >= 11 is 0. The van der Waals surface area contributed by atoms with Gasteiger partial charge in [-0.3, -0.25) is 4.18 Å². The van der Waals surface area contributed by atoms with Gasteiger partial charge in [-0.15, -0.1) is 0 Å². The van der Waals surface area contributed by atoms with Crippen molar-refractivity contribution in [2.45, 2.75) is 49.2 Å². The van der Waals surface area contributed by atoms with Gasteiger partial charge in [0.05, 0.1) is 11.0 Å². The fraction of sp³-hybridized carbons (Fsp3) is 0.368. The topological polar surface area (TPSA) is 63.6 Å². The smallest absolute Gasteiger partial charge is 0.298 e. The van der Waals surface area contributed by atoms with Crippen molar-refractivity contribution in [3.8, 4) is 0 Å². The third kappa shape index (κ3) is 3.38.